The number of amides is 1. The normalized spacial score (nSPS) is 13.5. The molecule has 0 fully saturated rings. The molecule has 0 saturated carbocycles. The molecule has 3 nitrogen and oxygen atoms in total. The maximum atomic E-state index is 12.6. The van der Waals surface area contributed by atoms with Gasteiger partial charge in [0.1, 0.15) is 6.04 Å². The molecule has 2 atom stereocenters. The molecule has 1 amide bonds. The van der Waals surface area contributed by atoms with Crippen molar-refractivity contribution in [1.29, 1.82) is 0 Å². The van der Waals surface area contributed by atoms with Crippen LogP contribution >= 0.6 is 11.6 Å². The topological polar surface area (TPSA) is 36.9 Å². The Morgan fingerprint density at radius 2 is 1.64 bits per heavy atom. The predicted octanol–water partition coefficient (Wildman–Crippen LogP) is 2.79. The molecular formula is C18H22ClN2O+. The molecule has 2 aromatic carbocycles. The van der Waals surface area contributed by atoms with Crippen LogP contribution in [0.15, 0.2) is 54.6 Å². The third kappa shape index (κ3) is 3.87. The van der Waals surface area contributed by atoms with E-state index < -0.39 is 0 Å². The van der Waals surface area contributed by atoms with Crippen molar-refractivity contribution in [1.82, 2.24) is 4.90 Å². The number of nitrogens with zero attached hydrogens (tertiary/aromatic N) is 1. The number of hydrogen-bond acceptors (Lipinski definition) is 1. The molecule has 2 rings (SSSR count). The van der Waals surface area contributed by atoms with Gasteiger partial charge >= 0.3 is 0 Å². The maximum absolute atomic E-state index is 12.6. The summed E-state index contributed by atoms with van der Waals surface area (Å²) in [5.74, 6) is 0.0742. The Morgan fingerprint density at radius 3 is 2.23 bits per heavy atom. The lowest BCUT2D eigenvalue weighted by atomic mass is 10.0. The van der Waals surface area contributed by atoms with E-state index in [-0.39, 0.29) is 18.0 Å². The number of quaternary nitrogens is 1. The van der Waals surface area contributed by atoms with Crippen LogP contribution in [0.1, 0.15) is 30.1 Å². The van der Waals surface area contributed by atoms with Gasteiger partial charge < -0.3 is 10.2 Å². The minimum absolute atomic E-state index is 0.0742. The van der Waals surface area contributed by atoms with Crippen molar-refractivity contribution >= 4 is 17.5 Å². The van der Waals surface area contributed by atoms with Crippen molar-refractivity contribution in [3.05, 3.63) is 70.7 Å². The molecule has 0 unspecified atom stereocenters. The molecule has 0 aromatic heterocycles. The Kier molecular flexibility index (Phi) is 5.58. The molecule has 2 N–H and O–H groups in total. The summed E-state index contributed by atoms with van der Waals surface area (Å²) >= 11 is 6.28. The number of carbonyl (C=O) groups is 1. The maximum Gasteiger partial charge on any atom is 0.285 e. The van der Waals surface area contributed by atoms with Crippen molar-refractivity contribution in [2.24, 2.45) is 0 Å². The molecule has 0 aliphatic heterocycles. The highest BCUT2D eigenvalue weighted by Crippen LogP contribution is 2.21. The second kappa shape index (κ2) is 7.43. The van der Waals surface area contributed by atoms with Crippen LogP contribution < -0.4 is 5.32 Å². The van der Waals surface area contributed by atoms with Gasteiger partial charge in [0.15, 0.2) is 6.04 Å². The van der Waals surface area contributed by atoms with E-state index in [0.29, 0.717) is 0 Å². The molecule has 0 radical (unpaired) electrons. The van der Waals surface area contributed by atoms with Gasteiger partial charge in [0, 0.05) is 30.2 Å². The van der Waals surface area contributed by atoms with Crippen LogP contribution in [-0.4, -0.2) is 24.9 Å². The number of benzene rings is 2. The molecule has 0 saturated heterocycles. The zero-order valence-electron chi connectivity index (χ0n) is 13.2. The monoisotopic (exact) mass is 317 g/mol. The number of hydrogen-bond donors (Lipinski definition) is 1. The van der Waals surface area contributed by atoms with Gasteiger partial charge in [0.25, 0.3) is 5.91 Å². The highest BCUT2D eigenvalue weighted by Gasteiger charge is 2.28. The third-order valence-corrected chi connectivity index (χ3v) is 4.09. The molecule has 2 aromatic rings. The summed E-state index contributed by atoms with van der Waals surface area (Å²) in [6, 6.07) is 17.4. The van der Waals surface area contributed by atoms with Crippen molar-refractivity contribution in [3.63, 3.8) is 0 Å². The second-order valence-electron chi connectivity index (χ2n) is 5.62. The van der Waals surface area contributed by atoms with E-state index in [0.717, 1.165) is 16.1 Å². The molecule has 0 aliphatic rings. The molecule has 116 valence electrons. The van der Waals surface area contributed by atoms with Crippen molar-refractivity contribution < 1.29 is 10.1 Å². The third-order valence-electron chi connectivity index (χ3n) is 3.74. The zero-order valence-corrected chi connectivity index (χ0v) is 13.9. The van der Waals surface area contributed by atoms with Gasteiger partial charge in [-0.05, 0) is 13.0 Å². The van der Waals surface area contributed by atoms with Gasteiger partial charge in [-0.2, -0.15) is 0 Å². The number of likely N-dealkylation sites (N-methyl/N-ethyl adjacent to an activating group) is 1. The Morgan fingerprint density at radius 1 is 1.05 bits per heavy atom. The summed E-state index contributed by atoms with van der Waals surface area (Å²) in [6.07, 6.45) is 0. The van der Waals surface area contributed by atoms with E-state index >= 15 is 0 Å². The first-order valence-electron chi connectivity index (χ1n) is 7.36. The van der Waals surface area contributed by atoms with Gasteiger partial charge in [0.05, 0.1) is 0 Å². The summed E-state index contributed by atoms with van der Waals surface area (Å²) in [5.41, 5.74) is 2.04. The lowest BCUT2D eigenvalue weighted by Crippen LogP contribution is -2.88. The first-order valence-corrected chi connectivity index (χ1v) is 7.74. The molecule has 0 aliphatic carbocycles. The summed E-state index contributed by atoms with van der Waals surface area (Å²) in [7, 11) is 3.57. The van der Waals surface area contributed by atoms with Gasteiger partial charge in [-0.25, -0.2) is 0 Å². The fraction of sp³-hybridized carbons (Fsp3) is 0.278. The fourth-order valence-electron chi connectivity index (χ4n) is 2.51. The molecule has 0 bridgehead atoms. The number of carbonyl (C=O) groups excluding carboxylic acids is 1. The van der Waals surface area contributed by atoms with E-state index in [1.807, 2.05) is 54.6 Å². The van der Waals surface area contributed by atoms with Crippen molar-refractivity contribution in [2.45, 2.75) is 19.0 Å². The van der Waals surface area contributed by atoms with Gasteiger partial charge in [0.2, 0.25) is 0 Å². The lowest BCUT2D eigenvalue weighted by Gasteiger charge is -2.23. The highest BCUT2D eigenvalue weighted by molar-refractivity contribution is 6.31. The lowest BCUT2D eigenvalue weighted by molar-refractivity contribution is -0.719. The number of rotatable bonds is 5. The Hall–Kier alpha value is -1.84. The van der Waals surface area contributed by atoms with E-state index in [4.69, 9.17) is 11.6 Å². The second-order valence-corrected chi connectivity index (χ2v) is 6.03. The van der Waals surface area contributed by atoms with E-state index in [9.17, 15) is 4.79 Å². The van der Waals surface area contributed by atoms with Crippen LogP contribution in [0.3, 0.4) is 0 Å². The summed E-state index contributed by atoms with van der Waals surface area (Å²) in [5, 5.41) is 2.80. The van der Waals surface area contributed by atoms with Gasteiger partial charge in [-0.3, -0.25) is 4.79 Å². The largest absolute Gasteiger partial charge is 0.343 e. The SMILES string of the molecule is C[C@H]([NH2+][C@@H](C(=O)N(C)C)c1ccccc1)c1ccccc1Cl. The van der Waals surface area contributed by atoms with Gasteiger partial charge in [-0.1, -0.05) is 60.1 Å². The van der Waals surface area contributed by atoms with E-state index in [1.165, 1.54) is 0 Å². The van der Waals surface area contributed by atoms with Crippen LogP contribution in [-0.2, 0) is 4.79 Å². The summed E-state index contributed by atoms with van der Waals surface area (Å²) in [6.45, 7) is 2.07. The Bertz CT molecular complexity index is 628. The quantitative estimate of drug-likeness (QED) is 0.904. The first-order chi connectivity index (χ1) is 10.5. The smallest absolute Gasteiger partial charge is 0.285 e. The number of nitrogens with two attached hydrogens (primary N) is 1. The zero-order chi connectivity index (χ0) is 16.1. The Balaban J connectivity index is 2.27. The van der Waals surface area contributed by atoms with Crippen LogP contribution in [0.5, 0.6) is 0 Å². The molecule has 4 heteroatoms. The van der Waals surface area contributed by atoms with E-state index in [2.05, 4.69) is 12.2 Å². The first kappa shape index (κ1) is 16.5. The minimum Gasteiger partial charge on any atom is -0.343 e. The van der Waals surface area contributed by atoms with Crippen LogP contribution in [0.4, 0.5) is 0 Å². The molecular weight excluding hydrogens is 296 g/mol. The van der Waals surface area contributed by atoms with Crippen LogP contribution in [0, 0.1) is 0 Å². The number of halogens is 1. The predicted molar refractivity (Wildman–Crippen MR) is 89.7 cm³/mol. The Labute approximate surface area is 136 Å². The van der Waals surface area contributed by atoms with Crippen molar-refractivity contribution in [3.8, 4) is 0 Å². The van der Waals surface area contributed by atoms with E-state index in [1.54, 1.807) is 19.0 Å². The highest BCUT2D eigenvalue weighted by atomic mass is 35.5. The molecule has 22 heavy (non-hydrogen) atoms. The minimum atomic E-state index is -0.275. The molecule has 0 spiro atoms. The fourth-order valence-corrected chi connectivity index (χ4v) is 2.82. The van der Waals surface area contributed by atoms with Gasteiger partial charge in [-0.15, -0.1) is 0 Å². The molecule has 0 heterocycles. The van der Waals surface area contributed by atoms with Crippen molar-refractivity contribution in [2.75, 3.05) is 14.1 Å². The summed E-state index contributed by atoms with van der Waals surface area (Å²) < 4.78 is 0. The average molecular weight is 318 g/mol. The average Bonchev–Trinajstić information content (AvgIpc) is 2.53. The standard InChI is InChI=1S/C18H21ClN2O/c1-13(15-11-7-8-12-16(15)19)20-17(18(22)21(2)3)14-9-5-4-6-10-14/h4-13,17,20H,1-3H3/p+1/t13-,17+/m0/s1. The van der Waals surface area contributed by atoms with Crippen LogP contribution in [0.25, 0.3) is 0 Å². The summed E-state index contributed by atoms with van der Waals surface area (Å²) in [4.78, 5) is 14.2. The van der Waals surface area contributed by atoms with Crippen LogP contribution in [0.2, 0.25) is 5.02 Å².